The largest absolute Gasteiger partial charge is 0.417 e. The summed E-state index contributed by atoms with van der Waals surface area (Å²) in [5.41, 5.74) is -0.981. The molecule has 2 nitrogen and oxygen atoms in total. The van der Waals surface area contributed by atoms with E-state index in [4.69, 9.17) is 0 Å². The lowest BCUT2D eigenvalue weighted by molar-refractivity contribution is -0.116. The number of carbonyl (C=O) groups is 1. The first-order valence-corrected chi connectivity index (χ1v) is 4.51. The summed E-state index contributed by atoms with van der Waals surface area (Å²) in [7, 11) is 1.28. The summed E-state index contributed by atoms with van der Waals surface area (Å²) in [5.74, 6) is -0.781. The zero-order valence-electron chi connectivity index (χ0n) is 8.51. The van der Waals surface area contributed by atoms with E-state index in [1.165, 1.54) is 31.3 Å². The van der Waals surface area contributed by atoms with Gasteiger partial charge in [-0.15, -0.1) is 0 Å². The van der Waals surface area contributed by atoms with E-state index < -0.39 is 17.7 Å². The van der Waals surface area contributed by atoms with Crippen LogP contribution in [0.3, 0.4) is 0 Å². The third kappa shape index (κ3) is 3.12. The molecular formula is C11H10F3NO. The van der Waals surface area contributed by atoms with E-state index in [0.717, 1.165) is 0 Å². The predicted octanol–water partition coefficient (Wildman–Crippen LogP) is 2.38. The number of allylic oxidation sites excluding steroid dienone is 1. The van der Waals surface area contributed by atoms with Crippen molar-refractivity contribution < 1.29 is 18.0 Å². The SMILES string of the molecule is CNC(=O)/C=C(\c1ccccc1)C(F)(F)F. The molecule has 0 saturated heterocycles. The quantitative estimate of drug-likeness (QED) is 0.775. The van der Waals surface area contributed by atoms with E-state index in [-0.39, 0.29) is 5.56 Å². The summed E-state index contributed by atoms with van der Waals surface area (Å²) in [6.45, 7) is 0. The van der Waals surface area contributed by atoms with Crippen LogP contribution in [0.4, 0.5) is 13.2 Å². The van der Waals surface area contributed by atoms with Crippen LogP contribution in [0, 0.1) is 0 Å². The molecule has 0 aliphatic heterocycles. The molecule has 0 heterocycles. The van der Waals surface area contributed by atoms with Crippen molar-refractivity contribution in [3.63, 3.8) is 0 Å². The Hall–Kier alpha value is -1.78. The molecule has 0 aliphatic rings. The second kappa shape index (κ2) is 4.83. The molecule has 1 aromatic carbocycles. The van der Waals surface area contributed by atoms with Crippen molar-refractivity contribution >= 4 is 11.5 Å². The molecule has 0 fully saturated rings. The number of halogens is 3. The third-order valence-electron chi connectivity index (χ3n) is 1.91. The van der Waals surface area contributed by atoms with Crippen LogP contribution in [-0.2, 0) is 4.79 Å². The van der Waals surface area contributed by atoms with E-state index in [0.29, 0.717) is 6.08 Å². The second-order valence-corrected chi connectivity index (χ2v) is 3.04. The van der Waals surface area contributed by atoms with Crippen LogP contribution in [0.1, 0.15) is 5.56 Å². The minimum absolute atomic E-state index is 0.0291. The normalized spacial score (nSPS) is 12.4. The van der Waals surface area contributed by atoms with Gasteiger partial charge in [0.25, 0.3) is 0 Å². The van der Waals surface area contributed by atoms with Crippen molar-refractivity contribution in [1.82, 2.24) is 5.32 Å². The zero-order chi connectivity index (χ0) is 12.2. The smallest absolute Gasteiger partial charge is 0.356 e. The van der Waals surface area contributed by atoms with Gasteiger partial charge in [-0.1, -0.05) is 30.3 Å². The molecule has 16 heavy (non-hydrogen) atoms. The van der Waals surface area contributed by atoms with Crippen molar-refractivity contribution in [3.8, 4) is 0 Å². The Bertz CT molecular complexity index is 395. The number of rotatable bonds is 2. The maximum Gasteiger partial charge on any atom is 0.417 e. The molecule has 0 radical (unpaired) electrons. The average molecular weight is 229 g/mol. The Labute approximate surface area is 90.8 Å². The predicted molar refractivity (Wildman–Crippen MR) is 54.5 cm³/mol. The molecular weight excluding hydrogens is 219 g/mol. The fourth-order valence-electron chi connectivity index (χ4n) is 1.15. The van der Waals surface area contributed by atoms with E-state index in [9.17, 15) is 18.0 Å². The van der Waals surface area contributed by atoms with E-state index in [2.05, 4.69) is 5.32 Å². The van der Waals surface area contributed by atoms with Gasteiger partial charge in [0.1, 0.15) is 0 Å². The van der Waals surface area contributed by atoms with Crippen molar-refractivity contribution in [2.75, 3.05) is 7.05 Å². The molecule has 0 atom stereocenters. The summed E-state index contributed by atoms with van der Waals surface area (Å²) in [5, 5.41) is 2.12. The highest BCUT2D eigenvalue weighted by Crippen LogP contribution is 2.33. The fourth-order valence-corrected chi connectivity index (χ4v) is 1.15. The summed E-state index contributed by atoms with van der Waals surface area (Å²) in [6.07, 6.45) is -4.00. The minimum atomic E-state index is -4.55. The molecule has 0 unspecified atom stereocenters. The molecule has 5 heteroatoms. The van der Waals surface area contributed by atoms with Crippen LogP contribution in [-0.4, -0.2) is 19.1 Å². The number of hydrogen-bond donors (Lipinski definition) is 1. The number of carbonyl (C=O) groups excluding carboxylic acids is 1. The first-order valence-electron chi connectivity index (χ1n) is 4.51. The van der Waals surface area contributed by atoms with Crippen molar-refractivity contribution in [3.05, 3.63) is 42.0 Å². The summed E-state index contributed by atoms with van der Waals surface area (Å²) >= 11 is 0. The number of amides is 1. The summed E-state index contributed by atoms with van der Waals surface area (Å²) in [4.78, 5) is 11.0. The highest BCUT2D eigenvalue weighted by molar-refractivity contribution is 5.96. The lowest BCUT2D eigenvalue weighted by atomic mass is 10.1. The minimum Gasteiger partial charge on any atom is -0.356 e. The van der Waals surface area contributed by atoms with Crippen LogP contribution >= 0.6 is 0 Å². The van der Waals surface area contributed by atoms with Gasteiger partial charge in [-0.2, -0.15) is 13.2 Å². The third-order valence-corrected chi connectivity index (χ3v) is 1.91. The van der Waals surface area contributed by atoms with Gasteiger partial charge in [-0.05, 0) is 5.56 Å². The van der Waals surface area contributed by atoms with Gasteiger partial charge in [-0.3, -0.25) is 4.79 Å². The van der Waals surface area contributed by atoms with Gasteiger partial charge in [0.15, 0.2) is 0 Å². The van der Waals surface area contributed by atoms with E-state index in [1.807, 2.05) is 0 Å². The first-order chi connectivity index (χ1) is 7.45. The van der Waals surface area contributed by atoms with Gasteiger partial charge in [0, 0.05) is 13.1 Å². The van der Waals surface area contributed by atoms with Gasteiger partial charge in [-0.25, -0.2) is 0 Å². The van der Waals surface area contributed by atoms with Crippen LogP contribution in [0.15, 0.2) is 36.4 Å². The van der Waals surface area contributed by atoms with E-state index in [1.54, 1.807) is 6.07 Å². The Kier molecular flexibility index (Phi) is 3.71. The van der Waals surface area contributed by atoms with Crippen molar-refractivity contribution in [2.24, 2.45) is 0 Å². The Morgan fingerprint density at radius 1 is 1.25 bits per heavy atom. The molecule has 0 saturated carbocycles. The molecule has 0 aromatic heterocycles. The molecule has 86 valence electrons. The Balaban J connectivity index is 3.18. The molecule has 1 N–H and O–H groups in total. The maximum atomic E-state index is 12.7. The van der Waals surface area contributed by atoms with Crippen molar-refractivity contribution in [1.29, 1.82) is 0 Å². The molecule has 0 bridgehead atoms. The molecule has 0 spiro atoms. The molecule has 1 aromatic rings. The highest BCUT2D eigenvalue weighted by Gasteiger charge is 2.35. The molecule has 1 rings (SSSR count). The van der Waals surface area contributed by atoms with Gasteiger partial charge >= 0.3 is 6.18 Å². The van der Waals surface area contributed by atoms with Gasteiger partial charge in [0.2, 0.25) is 5.91 Å². The standard InChI is InChI=1S/C11H10F3NO/c1-15-10(16)7-9(11(12,13)14)8-5-3-2-4-6-8/h2-7H,1H3,(H,15,16)/b9-7+. The van der Waals surface area contributed by atoms with Crippen molar-refractivity contribution in [2.45, 2.75) is 6.18 Å². The summed E-state index contributed by atoms with van der Waals surface area (Å²) in [6, 6.07) is 7.19. The maximum absolute atomic E-state index is 12.7. The zero-order valence-corrected chi connectivity index (χ0v) is 8.51. The summed E-state index contributed by atoms with van der Waals surface area (Å²) < 4.78 is 38.0. The van der Waals surface area contributed by atoms with Gasteiger partial charge in [0.05, 0.1) is 5.57 Å². The first kappa shape index (κ1) is 12.3. The molecule has 1 amide bonds. The monoisotopic (exact) mass is 229 g/mol. The van der Waals surface area contributed by atoms with E-state index >= 15 is 0 Å². The molecule has 0 aliphatic carbocycles. The second-order valence-electron chi connectivity index (χ2n) is 3.04. The lowest BCUT2D eigenvalue weighted by Crippen LogP contribution is -2.19. The van der Waals surface area contributed by atoms with Crippen LogP contribution in [0.5, 0.6) is 0 Å². The lowest BCUT2D eigenvalue weighted by Gasteiger charge is -2.11. The fraction of sp³-hybridized carbons (Fsp3) is 0.182. The number of hydrogen-bond acceptors (Lipinski definition) is 1. The Morgan fingerprint density at radius 3 is 2.25 bits per heavy atom. The van der Waals surface area contributed by atoms with Crippen LogP contribution in [0.25, 0.3) is 5.57 Å². The van der Waals surface area contributed by atoms with Crippen LogP contribution in [0.2, 0.25) is 0 Å². The Morgan fingerprint density at radius 2 is 1.81 bits per heavy atom. The number of alkyl halides is 3. The highest BCUT2D eigenvalue weighted by atomic mass is 19.4. The number of likely N-dealkylation sites (N-methyl/N-ethyl adjacent to an activating group) is 1. The number of benzene rings is 1. The topological polar surface area (TPSA) is 29.1 Å². The number of nitrogens with one attached hydrogen (secondary N) is 1. The average Bonchev–Trinajstić information content (AvgIpc) is 2.25. The van der Waals surface area contributed by atoms with Gasteiger partial charge < -0.3 is 5.32 Å². The van der Waals surface area contributed by atoms with Crippen LogP contribution < -0.4 is 5.32 Å².